The molecule has 2 rings (SSSR count). The summed E-state index contributed by atoms with van der Waals surface area (Å²) in [6.45, 7) is 4.02. The van der Waals surface area contributed by atoms with Gasteiger partial charge in [-0.05, 0) is 53.5 Å². The average Bonchev–Trinajstić information content (AvgIpc) is 2.60. The fourth-order valence-corrected chi connectivity index (χ4v) is 2.85. The molecule has 2 aromatic rings. The number of hydrogen-bond donors (Lipinski definition) is 1. The average molecular weight is 406 g/mol. The van der Waals surface area contributed by atoms with E-state index in [0.717, 1.165) is 6.42 Å². The molecule has 132 valence electrons. The van der Waals surface area contributed by atoms with Gasteiger partial charge in [0.15, 0.2) is 17.3 Å². The number of ketones is 1. The van der Waals surface area contributed by atoms with Gasteiger partial charge < -0.3 is 14.8 Å². The van der Waals surface area contributed by atoms with Crippen molar-refractivity contribution in [1.29, 1.82) is 0 Å². The van der Waals surface area contributed by atoms with Crippen LogP contribution in [0, 0.1) is 0 Å². The zero-order chi connectivity index (χ0) is 18.4. The molecule has 0 bridgehead atoms. The van der Waals surface area contributed by atoms with Crippen LogP contribution in [-0.2, 0) is 0 Å². The SMILES string of the molecule is CCCOc1c(Br)cc(C(=O)Nc2ccccc2C(C)=O)cc1OC. The largest absolute Gasteiger partial charge is 0.493 e. The monoisotopic (exact) mass is 405 g/mol. The third-order valence-corrected chi connectivity index (χ3v) is 4.09. The second-order valence-electron chi connectivity index (χ2n) is 5.39. The van der Waals surface area contributed by atoms with Crippen molar-refractivity contribution in [3.63, 3.8) is 0 Å². The van der Waals surface area contributed by atoms with Crippen LogP contribution in [0.15, 0.2) is 40.9 Å². The summed E-state index contributed by atoms with van der Waals surface area (Å²) in [6.07, 6.45) is 0.861. The molecule has 0 unspecified atom stereocenters. The number of Topliss-reactive ketones (excluding diaryl/α,β-unsaturated/α-hetero) is 1. The van der Waals surface area contributed by atoms with E-state index in [1.165, 1.54) is 14.0 Å². The van der Waals surface area contributed by atoms with Crippen molar-refractivity contribution in [1.82, 2.24) is 0 Å². The van der Waals surface area contributed by atoms with Crippen LogP contribution in [0.25, 0.3) is 0 Å². The van der Waals surface area contributed by atoms with Gasteiger partial charge in [0.05, 0.1) is 23.9 Å². The summed E-state index contributed by atoms with van der Waals surface area (Å²) < 4.78 is 11.6. The van der Waals surface area contributed by atoms with E-state index in [1.54, 1.807) is 36.4 Å². The van der Waals surface area contributed by atoms with Gasteiger partial charge in [-0.25, -0.2) is 0 Å². The third-order valence-electron chi connectivity index (χ3n) is 3.50. The molecule has 0 radical (unpaired) electrons. The van der Waals surface area contributed by atoms with Gasteiger partial charge in [0, 0.05) is 11.1 Å². The highest BCUT2D eigenvalue weighted by Crippen LogP contribution is 2.37. The Bertz CT molecular complexity index is 789. The summed E-state index contributed by atoms with van der Waals surface area (Å²) in [6, 6.07) is 10.2. The topological polar surface area (TPSA) is 64.6 Å². The van der Waals surface area contributed by atoms with Crippen molar-refractivity contribution in [3.8, 4) is 11.5 Å². The highest BCUT2D eigenvalue weighted by Gasteiger charge is 2.17. The van der Waals surface area contributed by atoms with E-state index >= 15 is 0 Å². The maximum atomic E-state index is 12.6. The summed E-state index contributed by atoms with van der Waals surface area (Å²) in [7, 11) is 1.52. The van der Waals surface area contributed by atoms with Crippen molar-refractivity contribution in [2.24, 2.45) is 0 Å². The van der Waals surface area contributed by atoms with Crippen molar-refractivity contribution < 1.29 is 19.1 Å². The van der Waals surface area contributed by atoms with E-state index in [0.29, 0.717) is 39.4 Å². The molecule has 0 saturated heterocycles. The van der Waals surface area contributed by atoms with Gasteiger partial charge in [-0.1, -0.05) is 19.1 Å². The van der Waals surface area contributed by atoms with Crippen LogP contribution in [0.1, 0.15) is 41.0 Å². The second kappa shape index (κ2) is 8.67. The minimum Gasteiger partial charge on any atom is -0.493 e. The van der Waals surface area contributed by atoms with Gasteiger partial charge in [0.25, 0.3) is 5.91 Å². The number of methoxy groups -OCH3 is 1. The molecule has 2 aromatic carbocycles. The standard InChI is InChI=1S/C19H20BrNO4/c1-4-9-25-18-15(20)10-13(11-17(18)24-3)19(23)21-16-8-6-5-7-14(16)12(2)22/h5-8,10-11H,4,9H2,1-3H3,(H,21,23). The minimum atomic E-state index is -0.338. The molecule has 1 amide bonds. The van der Waals surface area contributed by atoms with Crippen LogP contribution in [0.3, 0.4) is 0 Å². The predicted octanol–water partition coefficient (Wildman–Crippen LogP) is 4.70. The van der Waals surface area contributed by atoms with Crippen LogP contribution in [0.5, 0.6) is 11.5 Å². The van der Waals surface area contributed by atoms with E-state index in [4.69, 9.17) is 9.47 Å². The van der Waals surface area contributed by atoms with Gasteiger partial charge in [-0.15, -0.1) is 0 Å². The molecular weight excluding hydrogens is 386 g/mol. The highest BCUT2D eigenvalue weighted by molar-refractivity contribution is 9.10. The minimum absolute atomic E-state index is 0.113. The fourth-order valence-electron chi connectivity index (χ4n) is 2.29. The van der Waals surface area contributed by atoms with Crippen molar-refractivity contribution in [3.05, 3.63) is 52.0 Å². The fraction of sp³-hybridized carbons (Fsp3) is 0.263. The maximum absolute atomic E-state index is 12.6. The molecule has 1 N–H and O–H groups in total. The summed E-state index contributed by atoms with van der Waals surface area (Å²) in [4.78, 5) is 24.3. The van der Waals surface area contributed by atoms with E-state index in [9.17, 15) is 9.59 Å². The Labute approximate surface area is 155 Å². The predicted molar refractivity (Wildman–Crippen MR) is 101 cm³/mol. The zero-order valence-corrected chi connectivity index (χ0v) is 16.0. The molecule has 0 aliphatic heterocycles. The number of halogens is 1. The lowest BCUT2D eigenvalue weighted by atomic mass is 10.1. The maximum Gasteiger partial charge on any atom is 0.255 e. The van der Waals surface area contributed by atoms with Crippen LogP contribution in [-0.4, -0.2) is 25.4 Å². The quantitative estimate of drug-likeness (QED) is 0.677. The number of para-hydroxylation sites is 1. The first-order chi connectivity index (χ1) is 12.0. The summed E-state index contributed by atoms with van der Waals surface area (Å²) >= 11 is 3.42. The first kappa shape index (κ1) is 19.0. The normalized spacial score (nSPS) is 10.2. The Morgan fingerprint density at radius 2 is 1.92 bits per heavy atom. The molecule has 0 atom stereocenters. The molecule has 0 aliphatic rings. The summed E-state index contributed by atoms with van der Waals surface area (Å²) in [5.74, 6) is 0.575. The number of amides is 1. The number of carbonyl (C=O) groups is 2. The summed E-state index contributed by atoms with van der Waals surface area (Å²) in [5, 5.41) is 2.77. The van der Waals surface area contributed by atoms with Crippen LogP contribution >= 0.6 is 15.9 Å². The Balaban J connectivity index is 2.31. The van der Waals surface area contributed by atoms with Crippen molar-refractivity contribution in [2.75, 3.05) is 19.0 Å². The number of nitrogens with one attached hydrogen (secondary N) is 1. The van der Waals surface area contributed by atoms with Crippen LogP contribution in [0.2, 0.25) is 0 Å². The van der Waals surface area contributed by atoms with E-state index in [-0.39, 0.29) is 11.7 Å². The molecule has 5 nitrogen and oxygen atoms in total. The number of carbonyl (C=O) groups excluding carboxylic acids is 2. The first-order valence-electron chi connectivity index (χ1n) is 7.89. The van der Waals surface area contributed by atoms with Gasteiger partial charge in [0.1, 0.15) is 0 Å². The summed E-state index contributed by atoms with van der Waals surface area (Å²) in [5.41, 5.74) is 1.33. The van der Waals surface area contributed by atoms with Crippen molar-refractivity contribution in [2.45, 2.75) is 20.3 Å². The molecule has 0 fully saturated rings. The third kappa shape index (κ3) is 4.60. The smallest absolute Gasteiger partial charge is 0.255 e. The number of hydrogen-bond acceptors (Lipinski definition) is 4. The lowest BCUT2D eigenvalue weighted by Gasteiger charge is -2.14. The number of rotatable bonds is 7. The number of anilines is 1. The Morgan fingerprint density at radius 3 is 2.56 bits per heavy atom. The lowest BCUT2D eigenvalue weighted by molar-refractivity contribution is 0.101. The Hall–Kier alpha value is -2.34. The first-order valence-corrected chi connectivity index (χ1v) is 8.68. The Kier molecular flexibility index (Phi) is 6.58. The highest BCUT2D eigenvalue weighted by atomic mass is 79.9. The van der Waals surface area contributed by atoms with Gasteiger partial charge in [0.2, 0.25) is 0 Å². The molecule has 0 spiro atoms. The molecular formula is C19H20BrNO4. The molecule has 0 saturated carbocycles. The van der Waals surface area contributed by atoms with Crippen LogP contribution < -0.4 is 14.8 Å². The number of benzene rings is 2. The molecule has 6 heteroatoms. The van der Waals surface area contributed by atoms with Gasteiger partial charge in [-0.2, -0.15) is 0 Å². The lowest BCUT2D eigenvalue weighted by Crippen LogP contribution is -2.14. The zero-order valence-electron chi connectivity index (χ0n) is 14.4. The van der Waals surface area contributed by atoms with Crippen molar-refractivity contribution >= 4 is 33.3 Å². The second-order valence-corrected chi connectivity index (χ2v) is 6.25. The molecule has 0 aliphatic carbocycles. The number of ether oxygens (including phenoxy) is 2. The Morgan fingerprint density at radius 1 is 1.20 bits per heavy atom. The van der Waals surface area contributed by atoms with Gasteiger partial charge >= 0.3 is 0 Å². The van der Waals surface area contributed by atoms with E-state index < -0.39 is 0 Å². The molecule has 0 heterocycles. The molecule has 25 heavy (non-hydrogen) atoms. The molecule has 0 aromatic heterocycles. The van der Waals surface area contributed by atoms with Gasteiger partial charge in [-0.3, -0.25) is 9.59 Å². The van der Waals surface area contributed by atoms with E-state index in [1.807, 2.05) is 6.92 Å². The van der Waals surface area contributed by atoms with E-state index in [2.05, 4.69) is 21.2 Å². The van der Waals surface area contributed by atoms with Crippen LogP contribution in [0.4, 0.5) is 5.69 Å².